The van der Waals surface area contributed by atoms with Crippen molar-refractivity contribution >= 4 is 0 Å². The Morgan fingerprint density at radius 2 is 0.966 bits per heavy atom. The molecule has 0 atom stereocenters. The molecule has 0 aromatic carbocycles. The standard InChI is InChI=1S/C11F18/c12-3-1(2(4(13)14)5(3,15)16)6(17,18)8(20,21)9(22,23)7(19,10(24,25)26)11(27,28)29. The minimum Gasteiger partial charge on any atom is -0.216 e. The zero-order valence-electron chi connectivity index (χ0n) is 12.3. The summed E-state index contributed by atoms with van der Waals surface area (Å²) in [5.74, 6) is -34.2. The molecular weight excluding hydrogens is 474 g/mol. The Morgan fingerprint density at radius 3 is 1.24 bits per heavy atom. The van der Waals surface area contributed by atoms with Crippen LogP contribution in [0.4, 0.5) is 79.0 Å². The van der Waals surface area contributed by atoms with Crippen molar-refractivity contribution in [1.82, 2.24) is 0 Å². The molecule has 0 aliphatic heterocycles. The van der Waals surface area contributed by atoms with Crippen LogP contribution < -0.4 is 0 Å². The minimum absolute atomic E-state index is 3.70. The number of alkyl halides is 15. The summed E-state index contributed by atoms with van der Waals surface area (Å²) in [5.41, 5.74) is -16.1. The number of hydrogen-bond donors (Lipinski definition) is 0. The summed E-state index contributed by atoms with van der Waals surface area (Å²) < 4.78 is 230. The molecule has 0 fully saturated rings. The number of allylic oxidation sites excluding steroid dienone is 3. The topological polar surface area (TPSA) is 0 Å². The quantitative estimate of drug-likeness (QED) is 0.396. The van der Waals surface area contributed by atoms with Gasteiger partial charge in [0.2, 0.25) is 0 Å². The minimum atomic E-state index is -8.56. The van der Waals surface area contributed by atoms with Crippen LogP contribution in [0.3, 0.4) is 0 Å². The van der Waals surface area contributed by atoms with Gasteiger partial charge in [0.05, 0.1) is 5.57 Å². The van der Waals surface area contributed by atoms with E-state index >= 15 is 0 Å². The smallest absolute Gasteiger partial charge is 0.216 e. The molecule has 0 N–H and O–H groups in total. The van der Waals surface area contributed by atoms with E-state index < -0.39 is 64.8 Å². The van der Waals surface area contributed by atoms with Crippen molar-refractivity contribution < 1.29 is 79.0 Å². The van der Waals surface area contributed by atoms with E-state index in [9.17, 15) is 79.0 Å². The highest BCUT2D eigenvalue weighted by Gasteiger charge is 2.94. The predicted octanol–water partition coefficient (Wildman–Crippen LogP) is 6.75. The van der Waals surface area contributed by atoms with Gasteiger partial charge in [-0.15, -0.1) is 0 Å². The Labute approximate surface area is 145 Å². The van der Waals surface area contributed by atoms with E-state index in [2.05, 4.69) is 0 Å². The lowest BCUT2D eigenvalue weighted by molar-refractivity contribution is -0.441. The fourth-order valence-corrected chi connectivity index (χ4v) is 2.07. The van der Waals surface area contributed by atoms with Crippen molar-refractivity contribution in [3.63, 3.8) is 0 Å². The number of hydrogen-bond acceptors (Lipinski definition) is 0. The largest absolute Gasteiger partial charge is 0.438 e. The third kappa shape index (κ3) is 2.87. The summed E-state index contributed by atoms with van der Waals surface area (Å²) in [5, 5.41) is 0. The summed E-state index contributed by atoms with van der Waals surface area (Å²) in [6, 6.07) is 0. The molecule has 0 nitrogen and oxygen atoms in total. The molecule has 1 rings (SSSR count). The summed E-state index contributed by atoms with van der Waals surface area (Å²) >= 11 is 0. The zero-order chi connectivity index (χ0) is 23.8. The average molecular weight is 474 g/mol. The number of rotatable bonds is 4. The molecule has 0 aromatic heterocycles. The van der Waals surface area contributed by atoms with E-state index in [0.717, 1.165) is 0 Å². The van der Waals surface area contributed by atoms with Crippen molar-refractivity contribution in [1.29, 1.82) is 0 Å². The van der Waals surface area contributed by atoms with Gasteiger partial charge in [0.15, 0.2) is 5.83 Å². The van der Waals surface area contributed by atoms with E-state index in [1.54, 1.807) is 0 Å². The van der Waals surface area contributed by atoms with Gasteiger partial charge in [-0.2, -0.15) is 70.2 Å². The lowest BCUT2D eigenvalue weighted by Gasteiger charge is -2.44. The van der Waals surface area contributed by atoms with Crippen LogP contribution in [-0.4, -0.2) is 41.7 Å². The Bertz CT molecular complexity index is 725. The van der Waals surface area contributed by atoms with Gasteiger partial charge in [0, 0.05) is 0 Å². The zero-order valence-corrected chi connectivity index (χ0v) is 12.3. The predicted molar refractivity (Wildman–Crippen MR) is 53.1 cm³/mol. The molecule has 0 saturated heterocycles. The van der Waals surface area contributed by atoms with Crippen LogP contribution in [0.5, 0.6) is 0 Å². The summed E-state index contributed by atoms with van der Waals surface area (Å²) in [4.78, 5) is 0. The molecular formula is C11F18. The lowest BCUT2D eigenvalue weighted by atomic mass is 9.76. The molecule has 0 radical (unpaired) electrons. The monoisotopic (exact) mass is 474 g/mol. The highest BCUT2D eigenvalue weighted by molar-refractivity contribution is 5.59. The van der Waals surface area contributed by atoms with Gasteiger partial charge < -0.3 is 0 Å². The van der Waals surface area contributed by atoms with Crippen LogP contribution in [0.1, 0.15) is 0 Å². The van der Waals surface area contributed by atoms with Crippen molar-refractivity contribution in [3.05, 3.63) is 23.1 Å². The number of halogens is 18. The molecule has 0 aromatic rings. The first-order chi connectivity index (χ1) is 12.3. The maximum absolute atomic E-state index is 13.5. The molecule has 0 saturated carbocycles. The SMILES string of the molecule is FC(F)=C1C(C(F)(F)C(F)(F)C(F)(F)C(F)(C(F)(F)F)C(F)(F)F)=C(F)C1(F)F. The molecule has 29 heavy (non-hydrogen) atoms. The summed E-state index contributed by atoms with van der Waals surface area (Å²) in [7, 11) is 0. The first-order valence-electron chi connectivity index (χ1n) is 6.15. The first-order valence-corrected chi connectivity index (χ1v) is 6.15. The highest BCUT2D eigenvalue weighted by atomic mass is 19.4. The third-order valence-corrected chi connectivity index (χ3v) is 3.56. The molecule has 0 amide bonds. The molecule has 170 valence electrons. The van der Waals surface area contributed by atoms with Gasteiger partial charge in [0.1, 0.15) is 5.57 Å². The van der Waals surface area contributed by atoms with Gasteiger partial charge in [-0.3, -0.25) is 0 Å². The molecule has 0 spiro atoms. The summed E-state index contributed by atoms with van der Waals surface area (Å²) in [6.07, 6.45) is -20.2. The Balaban J connectivity index is 3.86. The maximum Gasteiger partial charge on any atom is 0.438 e. The van der Waals surface area contributed by atoms with Crippen molar-refractivity contribution in [2.24, 2.45) is 0 Å². The maximum atomic E-state index is 13.5. The molecule has 0 heterocycles. The van der Waals surface area contributed by atoms with E-state index in [0.29, 0.717) is 0 Å². The normalized spacial score (nSPS) is 19.4. The van der Waals surface area contributed by atoms with E-state index in [1.165, 1.54) is 0 Å². The Kier molecular flexibility index (Phi) is 5.33. The third-order valence-electron chi connectivity index (χ3n) is 3.56. The average Bonchev–Trinajstić information content (AvgIpc) is 2.47. The van der Waals surface area contributed by atoms with E-state index in [1.807, 2.05) is 0 Å². The van der Waals surface area contributed by atoms with Crippen molar-refractivity contribution in [2.75, 3.05) is 0 Å². The van der Waals surface area contributed by atoms with Crippen LogP contribution in [-0.2, 0) is 0 Å². The molecule has 1 aliphatic rings. The fraction of sp³-hybridized carbons (Fsp3) is 0.636. The van der Waals surface area contributed by atoms with Gasteiger partial charge in [-0.1, -0.05) is 0 Å². The van der Waals surface area contributed by atoms with Crippen LogP contribution >= 0.6 is 0 Å². The highest BCUT2D eigenvalue weighted by Crippen LogP contribution is 2.66. The van der Waals surface area contributed by atoms with Crippen molar-refractivity contribution in [2.45, 2.75) is 41.7 Å². The Hall–Kier alpha value is -1.78. The molecule has 0 unspecified atom stereocenters. The first kappa shape index (κ1) is 25.3. The van der Waals surface area contributed by atoms with Crippen LogP contribution in [0.15, 0.2) is 23.1 Å². The second kappa shape index (κ2) is 6.12. The molecule has 1 aliphatic carbocycles. The van der Waals surface area contributed by atoms with Gasteiger partial charge in [-0.25, -0.2) is 8.78 Å². The summed E-state index contributed by atoms with van der Waals surface area (Å²) in [6.45, 7) is 0. The van der Waals surface area contributed by atoms with Crippen LogP contribution in [0.25, 0.3) is 0 Å². The second-order valence-electron chi connectivity index (χ2n) is 5.28. The van der Waals surface area contributed by atoms with E-state index in [-0.39, 0.29) is 0 Å². The van der Waals surface area contributed by atoms with Gasteiger partial charge in [0.25, 0.3) is 6.08 Å². The van der Waals surface area contributed by atoms with E-state index in [4.69, 9.17) is 0 Å². The van der Waals surface area contributed by atoms with Crippen molar-refractivity contribution in [3.8, 4) is 0 Å². The fourth-order valence-electron chi connectivity index (χ4n) is 2.07. The molecule has 0 bridgehead atoms. The lowest BCUT2D eigenvalue weighted by Crippen LogP contribution is -2.74. The second-order valence-corrected chi connectivity index (χ2v) is 5.28. The van der Waals surface area contributed by atoms with Gasteiger partial charge >= 0.3 is 41.7 Å². The van der Waals surface area contributed by atoms with Crippen LogP contribution in [0.2, 0.25) is 0 Å². The molecule has 18 heteroatoms. The van der Waals surface area contributed by atoms with Gasteiger partial charge in [-0.05, 0) is 0 Å². The van der Waals surface area contributed by atoms with Crippen LogP contribution in [0, 0.1) is 0 Å². The Morgan fingerprint density at radius 1 is 0.621 bits per heavy atom.